The lowest BCUT2D eigenvalue weighted by Gasteiger charge is -2.27. The van der Waals surface area contributed by atoms with Crippen LogP contribution in [0.5, 0.6) is 0 Å². The van der Waals surface area contributed by atoms with E-state index in [-0.39, 0.29) is 13.2 Å². The minimum atomic E-state index is -0.580. The number of carbonyl (C=O) groups is 2. The number of alkyl carbamates (subject to hydrolysis) is 2. The van der Waals surface area contributed by atoms with Gasteiger partial charge in [0.25, 0.3) is 0 Å². The van der Waals surface area contributed by atoms with Crippen molar-refractivity contribution in [1.82, 2.24) is 10.6 Å². The zero-order valence-electron chi connectivity index (χ0n) is 22.5. The molecule has 2 aromatic rings. The second-order valence-corrected chi connectivity index (χ2v) is 10.2. The molecule has 0 saturated heterocycles. The van der Waals surface area contributed by atoms with E-state index in [1.807, 2.05) is 90.1 Å². The Labute approximate surface area is 215 Å². The first kappa shape index (κ1) is 28.7. The number of nitrogens with one attached hydrogen (secondary N) is 2. The van der Waals surface area contributed by atoms with Gasteiger partial charge in [-0.15, -0.1) is 0 Å². The topological polar surface area (TPSA) is 76.7 Å². The highest BCUT2D eigenvalue weighted by Gasteiger charge is 2.24. The number of carbonyl (C=O) groups excluding carboxylic acids is 2. The largest absolute Gasteiger partial charge is 0.450 e. The van der Waals surface area contributed by atoms with Crippen molar-refractivity contribution >= 4 is 23.3 Å². The summed E-state index contributed by atoms with van der Waals surface area (Å²) < 4.78 is 10.6. The van der Waals surface area contributed by atoms with Crippen LogP contribution in [-0.2, 0) is 20.6 Å². The molecule has 0 fully saturated rings. The van der Waals surface area contributed by atoms with E-state index in [4.69, 9.17) is 9.47 Å². The van der Waals surface area contributed by atoms with Gasteiger partial charge in [0.15, 0.2) is 0 Å². The summed E-state index contributed by atoms with van der Waals surface area (Å²) in [5.74, 6) is 0. The molecular weight excluding hydrogens is 452 g/mol. The van der Waals surface area contributed by atoms with Crippen LogP contribution in [0.3, 0.4) is 0 Å². The van der Waals surface area contributed by atoms with E-state index in [0.29, 0.717) is 12.8 Å². The van der Waals surface area contributed by atoms with E-state index < -0.39 is 23.3 Å². The lowest BCUT2D eigenvalue weighted by molar-refractivity contribution is 0.119. The molecule has 2 rings (SSSR count). The lowest BCUT2D eigenvalue weighted by Crippen LogP contribution is -2.41. The Balaban J connectivity index is 1.68. The summed E-state index contributed by atoms with van der Waals surface area (Å²) in [7, 11) is 0. The minimum absolute atomic E-state index is 0.238. The maximum absolute atomic E-state index is 12.3. The maximum atomic E-state index is 12.3. The van der Waals surface area contributed by atoms with Crippen LogP contribution in [-0.4, -0.2) is 25.4 Å². The third-order valence-corrected chi connectivity index (χ3v) is 6.03. The van der Waals surface area contributed by atoms with Gasteiger partial charge in [0.05, 0.1) is 24.3 Å². The number of unbranched alkanes of at least 4 members (excludes halogenated alkanes) is 1. The first-order valence-electron chi connectivity index (χ1n) is 12.2. The summed E-state index contributed by atoms with van der Waals surface area (Å²) >= 11 is 0. The molecule has 0 spiro atoms. The fraction of sp³-hybridized carbons (Fsp3) is 0.400. The van der Waals surface area contributed by atoms with Crippen molar-refractivity contribution in [1.29, 1.82) is 0 Å². The molecule has 2 N–H and O–H groups in total. The van der Waals surface area contributed by atoms with Crippen LogP contribution in [0, 0.1) is 0 Å². The van der Waals surface area contributed by atoms with Gasteiger partial charge < -0.3 is 20.1 Å². The Kier molecular flexibility index (Phi) is 9.91. The smallest absolute Gasteiger partial charge is 0.407 e. The van der Waals surface area contributed by atoms with E-state index in [0.717, 1.165) is 33.4 Å². The average molecular weight is 493 g/mol. The number of amides is 2. The minimum Gasteiger partial charge on any atom is -0.450 e. The molecule has 0 aliphatic carbocycles. The molecule has 194 valence electrons. The van der Waals surface area contributed by atoms with Crippen molar-refractivity contribution in [3.05, 3.63) is 83.9 Å². The molecule has 0 aliphatic rings. The zero-order valence-corrected chi connectivity index (χ0v) is 22.5. The monoisotopic (exact) mass is 492 g/mol. The number of allylic oxidation sites excluding steroid dienone is 2. The van der Waals surface area contributed by atoms with Gasteiger partial charge in [-0.3, -0.25) is 0 Å². The molecule has 0 atom stereocenters. The number of ether oxygens (including phenoxy) is 2. The average Bonchev–Trinajstić information content (AvgIpc) is 2.80. The van der Waals surface area contributed by atoms with Crippen LogP contribution < -0.4 is 10.6 Å². The highest BCUT2D eigenvalue weighted by atomic mass is 16.6. The summed E-state index contributed by atoms with van der Waals surface area (Å²) in [4.78, 5) is 24.5. The fourth-order valence-corrected chi connectivity index (χ4v) is 3.60. The summed E-state index contributed by atoms with van der Waals surface area (Å²) in [5.41, 5.74) is 4.89. The first-order valence-corrected chi connectivity index (χ1v) is 12.2. The van der Waals surface area contributed by atoms with Crippen LogP contribution in [0.15, 0.2) is 61.7 Å². The van der Waals surface area contributed by atoms with Gasteiger partial charge in [-0.05, 0) is 76.6 Å². The van der Waals surface area contributed by atoms with Crippen LogP contribution in [0.2, 0.25) is 0 Å². The second kappa shape index (κ2) is 12.4. The summed E-state index contributed by atoms with van der Waals surface area (Å²) in [6.07, 6.45) is 0.199. The molecular formula is C30H40N2O4. The van der Waals surface area contributed by atoms with Crippen molar-refractivity contribution in [2.45, 2.75) is 65.5 Å². The van der Waals surface area contributed by atoms with Crippen LogP contribution in [0.4, 0.5) is 9.59 Å². The van der Waals surface area contributed by atoms with E-state index in [2.05, 4.69) is 23.8 Å². The Morgan fingerprint density at radius 3 is 1.25 bits per heavy atom. The maximum Gasteiger partial charge on any atom is 0.407 e. The quantitative estimate of drug-likeness (QED) is 0.326. The van der Waals surface area contributed by atoms with Crippen LogP contribution >= 0.6 is 0 Å². The Bertz CT molecular complexity index is 980. The Hall–Kier alpha value is -3.54. The molecule has 0 aromatic heterocycles. The van der Waals surface area contributed by atoms with Gasteiger partial charge in [-0.2, -0.15) is 0 Å². The third-order valence-electron chi connectivity index (χ3n) is 6.03. The molecule has 0 bridgehead atoms. The number of benzene rings is 2. The predicted octanol–water partition coefficient (Wildman–Crippen LogP) is 7.16. The standard InChI is InChI=1S/C30H40N2O4/c1-21(2)23-11-15-25(16-12-23)29(5,6)31-27(33)35-19-9-10-20-36-28(34)32-30(7,8)26-17-13-24(14-18-26)22(3)4/h11-18H,1,3,9-10,19-20H2,2,4-8H3,(H,31,33)(H,32,34). The molecule has 0 heterocycles. The molecule has 0 saturated carbocycles. The van der Waals surface area contributed by atoms with Crippen molar-refractivity contribution in [2.75, 3.05) is 13.2 Å². The molecule has 2 aromatic carbocycles. The van der Waals surface area contributed by atoms with E-state index in [9.17, 15) is 9.59 Å². The SMILES string of the molecule is C=C(C)c1ccc(C(C)(C)NC(=O)OCCCCOC(=O)NC(C)(C)c2ccc(C(=C)C)cc2)cc1. The summed E-state index contributed by atoms with van der Waals surface area (Å²) in [6.45, 7) is 20.0. The summed E-state index contributed by atoms with van der Waals surface area (Å²) in [6, 6.07) is 15.9. The number of hydrogen-bond donors (Lipinski definition) is 2. The predicted molar refractivity (Wildman–Crippen MR) is 147 cm³/mol. The number of rotatable bonds is 11. The molecule has 0 radical (unpaired) electrons. The van der Waals surface area contributed by atoms with E-state index >= 15 is 0 Å². The van der Waals surface area contributed by atoms with Gasteiger partial charge in [-0.25, -0.2) is 9.59 Å². The van der Waals surface area contributed by atoms with Crippen molar-refractivity contribution < 1.29 is 19.1 Å². The van der Waals surface area contributed by atoms with Gasteiger partial charge in [-0.1, -0.05) is 72.8 Å². The Morgan fingerprint density at radius 2 is 0.972 bits per heavy atom. The highest BCUT2D eigenvalue weighted by molar-refractivity contribution is 5.69. The van der Waals surface area contributed by atoms with E-state index in [1.165, 1.54) is 0 Å². The normalized spacial score (nSPS) is 11.4. The third kappa shape index (κ3) is 8.59. The molecule has 6 nitrogen and oxygen atoms in total. The van der Waals surface area contributed by atoms with E-state index in [1.54, 1.807) is 0 Å². The summed E-state index contributed by atoms with van der Waals surface area (Å²) in [5, 5.41) is 5.79. The molecule has 6 heteroatoms. The molecule has 2 amide bonds. The molecule has 0 aliphatic heterocycles. The molecule has 0 unspecified atom stereocenters. The van der Waals surface area contributed by atoms with Crippen LogP contribution in [0.1, 0.15) is 76.6 Å². The van der Waals surface area contributed by atoms with Gasteiger partial charge >= 0.3 is 12.2 Å². The second-order valence-electron chi connectivity index (χ2n) is 10.2. The number of hydrogen-bond acceptors (Lipinski definition) is 4. The van der Waals surface area contributed by atoms with Crippen molar-refractivity contribution in [2.24, 2.45) is 0 Å². The highest BCUT2D eigenvalue weighted by Crippen LogP contribution is 2.23. The van der Waals surface area contributed by atoms with Crippen LogP contribution in [0.25, 0.3) is 11.1 Å². The van der Waals surface area contributed by atoms with Gasteiger partial charge in [0.1, 0.15) is 0 Å². The fourth-order valence-electron chi connectivity index (χ4n) is 3.60. The first-order chi connectivity index (χ1) is 16.8. The zero-order chi connectivity index (χ0) is 26.9. The molecule has 36 heavy (non-hydrogen) atoms. The van der Waals surface area contributed by atoms with Gasteiger partial charge in [0, 0.05) is 0 Å². The van der Waals surface area contributed by atoms with Crippen molar-refractivity contribution in [3.63, 3.8) is 0 Å². The van der Waals surface area contributed by atoms with Crippen molar-refractivity contribution in [3.8, 4) is 0 Å². The lowest BCUT2D eigenvalue weighted by atomic mass is 9.93. The van der Waals surface area contributed by atoms with Gasteiger partial charge in [0.2, 0.25) is 0 Å². The Morgan fingerprint density at radius 1 is 0.667 bits per heavy atom.